The number of carbonyl (C=O) groups excluding carboxylic acids is 1. The Kier molecular flexibility index (Phi) is 6.92. The number of aryl methyl sites for hydroxylation is 1. The molecular weight excluding hydrogens is 334 g/mol. The Bertz CT molecular complexity index is 607. The number of thioether (sulfide) groups is 1. The highest BCUT2D eigenvalue weighted by Gasteiger charge is 2.17. The van der Waals surface area contributed by atoms with E-state index in [9.17, 15) is 13.2 Å². The number of amides is 1. The van der Waals surface area contributed by atoms with E-state index in [1.54, 1.807) is 12.1 Å². The maximum Gasteiger partial charge on any atom is 0.296 e. The summed E-state index contributed by atoms with van der Waals surface area (Å²) in [5.41, 5.74) is 0.985. The van der Waals surface area contributed by atoms with E-state index in [4.69, 9.17) is 4.18 Å². The lowest BCUT2D eigenvalue weighted by atomic mass is 9.96. The van der Waals surface area contributed by atoms with Crippen molar-refractivity contribution in [1.82, 2.24) is 5.32 Å². The number of nitrogens with one attached hydrogen (secondary N) is 1. The Hall–Kier alpha value is -1.05. The number of rotatable bonds is 6. The van der Waals surface area contributed by atoms with Crippen LogP contribution in [0.4, 0.5) is 4.79 Å². The normalized spacial score (nSPS) is 16.2. The van der Waals surface area contributed by atoms with Crippen molar-refractivity contribution in [2.75, 3.05) is 12.4 Å². The van der Waals surface area contributed by atoms with Crippen molar-refractivity contribution >= 4 is 27.1 Å². The van der Waals surface area contributed by atoms with Crippen LogP contribution in [0.5, 0.6) is 0 Å². The maximum atomic E-state index is 12.0. The first kappa shape index (κ1) is 18.3. The summed E-state index contributed by atoms with van der Waals surface area (Å²) in [6.45, 7) is 1.87. The molecule has 0 bridgehead atoms. The van der Waals surface area contributed by atoms with E-state index in [2.05, 4.69) is 5.32 Å². The molecule has 5 nitrogen and oxygen atoms in total. The molecule has 128 valence electrons. The summed E-state index contributed by atoms with van der Waals surface area (Å²) in [6, 6.07) is 6.76. The third kappa shape index (κ3) is 6.16. The van der Waals surface area contributed by atoms with Gasteiger partial charge in [0.05, 0.1) is 11.5 Å². The van der Waals surface area contributed by atoms with Gasteiger partial charge in [-0.1, -0.05) is 48.7 Å². The van der Waals surface area contributed by atoms with Gasteiger partial charge in [-0.25, -0.2) is 0 Å². The average Bonchev–Trinajstić information content (AvgIpc) is 2.53. The van der Waals surface area contributed by atoms with Crippen LogP contribution >= 0.6 is 11.8 Å². The van der Waals surface area contributed by atoms with Gasteiger partial charge in [-0.3, -0.25) is 8.98 Å². The van der Waals surface area contributed by atoms with Crippen LogP contribution < -0.4 is 5.32 Å². The lowest BCUT2D eigenvalue weighted by Crippen LogP contribution is -2.34. The first-order chi connectivity index (χ1) is 11.0. The van der Waals surface area contributed by atoms with Gasteiger partial charge in [0.25, 0.3) is 15.4 Å². The summed E-state index contributed by atoms with van der Waals surface area (Å²) in [4.78, 5) is 11.9. The van der Waals surface area contributed by atoms with Crippen molar-refractivity contribution in [1.29, 1.82) is 0 Å². The van der Waals surface area contributed by atoms with Gasteiger partial charge in [0, 0.05) is 11.8 Å². The second kappa shape index (κ2) is 8.70. The Morgan fingerprint density at radius 3 is 2.52 bits per heavy atom. The fourth-order valence-corrected chi connectivity index (χ4v) is 4.12. The standard InChI is InChI=1S/C16H23NO4S2/c1-13-7-9-15(10-8-13)23(19,20)21-11-12-22-16(18)17-14-5-3-2-4-6-14/h7-10,14H,2-6,11-12H2,1H3,(H,17,18). The second-order valence-corrected chi connectivity index (χ2v) is 8.39. The summed E-state index contributed by atoms with van der Waals surface area (Å²) < 4.78 is 28.9. The number of hydrogen-bond donors (Lipinski definition) is 1. The minimum atomic E-state index is -3.75. The summed E-state index contributed by atoms with van der Waals surface area (Å²) in [5, 5.41) is 2.87. The lowest BCUT2D eigenvalue weighted by molar-refractivity contribution is 0.253. The molecule has 1 N–H and O–H groups in total. The van der Waals surface area contributed by atoms with Crippen LogP contribution in [-0.4, -0.2) is 32.1 Å². The van der Waals surface area contributed by atoms with Gasteiger partial charge in [0.1, 0.15) is 0 Å². The Morgan fingerprint density at radius 1 is 1.22 bits per heavy atom. The van der Waals surface area contributed by atoms with E-state index < -0.39 is 10.1 Å². The van der Waals surface area contributed by atoms with Gasteiger partial charge in [0.2, 0.25) is 0 Å². The quantitative estimate of drug-likeness (QED) is 0.623. The molecule has 23 heavy (non-hydrogen) atoms. The summed E-state index contributed by atoms with van der Waals surface area (Å²) in [6.07, 6.45) is 5.63. The van der Waals surface area contributed by atoms with Crippen molar-refractivity contribution in [2.45, 2.75) is 50.0 Å². The van der Waals surface area contributed by atoms with Crippen LogP contribution in [0.1, 0.15) is 37.7 Å². The van der Waals surface area contributed by atoms with Gasteiger partial charge >= 0.3 is 0 Å². The minimum absolute atomic E-state index is 0.0149. The molecule has 1 saturated carbocycles. The topological polar surface area (TPSA) is 72.5 Å². The zero-order chi connectivity index (χ0) is 16.7. The van der Waals surface area contributed by atoms with E-state index in [0.717, 1.165) is 43.0 Å². The maximum absolute atomic E-state index is 12.0. The molecule has 1 fully saturated rings. The molecule has 0 spiro atoms. The summed E-state index contributed by atoms with van der Waals surface area (Å²) >= 11 is 1.07. The molecule has 0 heterocycles. The minimum Gasteiger partial charge on any atom is -0.344 e. The molecule has 1 aromatic carbocycles. The van der Waals surface area contributed by atoms with Crippen LogP contribution in [0.3, 0.4) is 0 Å². The van der Waals surface area contributed by atoms with Crippen molar-refractivity contribution in [2.24, 2.45) is 0 Å². The zero-order valence-electron chi connectivity index (χ0n) is 13.3. The average molecular weight is 357 g/mol. The van der Waals surface area contributed by atoms with Crippen LogP contribution in [0.25, 0.3) is 0 Å². The van der Waals surface area contributed by atoms with E-state index >= 15 is 0 Å². The van der Waals surface area contributed by atoms with Crippen LogP contribution in [0.15, 0.2) is 29.2 Å². The number of carbonyl (C=O) groups is 1. The Balaban J connectivity index is 1.69. The summed E-state index contributed by atoms with van der Waals surface area (Å²) in [7, 11) is -3.75. The smallest absolute Gasteiger partial charge is 0.296 e. The molecule has 0 aromatic heterocycles. The second-order valence-electron chi connectivity index (χ2n) is 5.70. The van der Waals surface area contributed by atoms with E-state index in [1.807, 2.05) is 6.92 Å². The molecule has 2 rings (SSSR count). The molecule has 1 aliphatic rings. The Labute approximate surface area is 142 Å². The SMILES string of the molecule is Cc1ccc(S(=O)(=O)OCCSC(=O)NC2CCCCC2)cc1. The summed E-state index contributed by atoms with van der Waals surface area (Å²) in [5.74, 6) is 0.309. The van der Waals surface area contributed by atoms with Crippen LogP contribution in [0, 0.1) is 6.92 Å². The molecule has 1 aromatic rings. The first-order valence-corrected chi connectivity index (χ1v) is 10.3. The molecule has 7 heteroatoms. The van der Waals surface area contributed by atoms with Crippen molar-refractivity contribution in [3.05, 3.63) is 29.8 Å². The van der Waals surface area contributed by atoms with Crippen molar-refractivity contribution < 1.29 is 17.4 Å². The highest BCUT2D eigenvalue weighted by Crippen LogP contribution is 2.19. The molecule has 0 aliphatic heterocycles. The lowest BCUT2D eigenvalue weighted by Gasteiger charge is -2.22. The zero-order valence-corrected chi connectivity index (χ0v) is 14.9. The fourth-order valence-electron chi connectivity index (χ4n) is 2.51. The predicted molar refractivity (Wildman–Crippen MR) is 92.2 cm³/mol. The highest BCUT2D eigenvalue weighted by atomic mass is 32.2. The molecule has 0 saturated heterocycles. The molecule has 0 unspecified atom stereocenters. The van der Waals surface area contributed by atoms with Crippen molar-refractivity contribution in [3.63, 3.8) is 0 Å². The van der Waals surface area contributed by atoms with E-state index in [0.29, 0.717) is 5.75 Å². The van der Waals surface area contributed by atoms with Gasteiger partial charge in [-0.15, -0.1) is 0 Å². The third-order valence-corrected chi connectivity index (χ3v) is 5.87. The molecular formula is C16H23NO4S2. The van der Waals surface area contributed by atoms with Gasteiger partial charge in [0.15, 0.2) is 0 Å². The number of benzene rings is 1. The molecule has 1 aliphatic carbocycles. The van der Waals surface area contributed by atoms with Crippen LogP contribution in [-0.2, 0) is 14.3 Å². The largest absolute Gasteiger partial charge is 0.344 e. The number of hydrogen-bond acceptors (Lipinski definition) is 5. The molecule has 1 amide bonds. The highest BCUT2D eigenvalue weighted by molar-refractivity contribution is 8.13. The first-order valence-electron chi connectivity index (χ1n) is 7.87. The molecule has 0 atom stereocenters. The van der Waals surface area contributed by atoms with Gasteiger partial charge < -0.3 is 5.32 Å². The monoisotopic (exact) mass is 357 g/mol. The predicted octanol–water partition coefficient (Wildman–Crippen LogP) is 3.48. The van der Waals surface area contributed by atoms with Gasteiger partial charge in [-0.05, 0) is 31.9 Å². The van der Waals surface area contributed by atoms with E-state index in [1.165, 1.54) is 18.6 Å². The van der Waals surface area contributed by atoms with E-state index in [-0.39, 0.29) is 22.8 Å². The third-order valence-electron chi connectivity index (χ3n) is 3.79. The Morgan fingerprint density at radius 2 is 1.87 bits per heavy atom. The fraction of sp³-hybridized carbons (Fsp3) is 0.562. The van der Waals surface area contributed by atoms with Crippen molar-refractivity contribution in [3.8, 4) is 0 Å². The van der Waals surface area contributed by atoms with Crippen LogP contribution in [0.2, 0.25) is 0 Å². The molecule has 0 radical (unpaired) electrons. The van der Waals surface area contributed by atoms with Gasteiger partial charge in [-0.2, -0.15) is 8.42 Å².